The molecule has 0 radical (unpaired) electrons. The molecule has 0 atom stereocenters. The molecule has 14 heavy (non-hydrogen) atoms. The van der Waals surface area contributed by atoms with Crippen LogP contribution in [-0.2, 0) is 0 Å². The first kappa shape index (κ1) is 10.7. The molecule has 3 nitrogen and oxygen atoms in total. The molecule has 0 aliphatic rings. The van der Waals surface area contributed by atoms with E-state index in [-0.39, 0.29) is 13.0 Å². The Balaban J connectivity index is 2.17. The summed E-state index contributed by atoms with van der Waals surface area (Å²) >= 11 is 0. The molecule has 0 aliphatic carbocycles. The van der Waals surface area contributed by atoms with Crippen molar-refractivity contribution in [3.63, 3.8) is 0 Å². The molecule has 1 N–H and O–H groups in total. The van der Waals surface area contributed by atoms with E-state index >= 15 is 0 Å². The maximum absolute atomic E-state index is 11.7. The highest BCUT2D eigenvalue weighted by atomic mass is 19.4. The minimum Gasteiger partial charge on any atom is -0.369 e. The Morgan fingerprint density at radius 3 is 2.71 bits per heavy atom. The van der Waals surface area contributed by atoms with Crippen LogP contribution in [0.3, 0.4) is 0 Å². The van der Waals surface area contributed by atoms with Gasteiger partial charge in [-0.1, -0.05) is 0 Å². The summed E-state index contributed by atoms with van der Waals surface area (Å²) in [4.78, 5) is 0. The highest BCUT2D eigenvalue weighted by molar-refractivity contribution is 5.30. The number of alkyl halides is 3. The van der Waals surface area contributed by atoms with E-state index in [9.17, 15) is 13.2 Å². The van der Waals surface area contributed by atoms with Gasteiger partial charge >= 0.3 is 6.18 Å². The first-order chi connectivity index (χ1) is 6.58. The first-order valence-corrected chi connectivity index (χ1v) is 4.16. The second-order valence-corrected chi connectivity index (χ2v) is 2.75. The van der Waals surface area contributed by atoms with Crippen molar-refractivity contribution >= 4 is 5.82 Å². The summed E-state index contributed by atoms with van der Waals surface area (Å²) in [7, 11) is 0. The zero-order chi connectivity index (χ0) is 10.4. The lowest BCUT2D eigenvalue weighted by Gasteiger charge is -2.06. The SMILES string of the molecule is FC(F)(F)CCCNc1cccnn1. The summed E-state index contributed by atoms with van der Waals surface area (Å²) in [6.07, 6.45) is -3.31. The highest BCUT2D eigenvalue weighted by Crippen LogP contribution is 2.20. The number of hydrogen-bond acceptors (Lipinski definition) is 3. The van der Waals surface area contributed by atoms with Gasteiger partial charge in [0.1, 0.15) is 5.82 Å². The smallest absolute Gasteiger partial charge is 0.369 e. The van der Waals surface area contributed by atoms with Crippen molar-refractivity contribution in [2.45, 2.75) is 19.0 Å². The predicted octanol–water partition coefficient (Wildman–Crippen LogP) is 2.23. The van der Waals surface area contributed by atoms with Gasteiger partial charge < -0.3 is 5.32 Å². The van der Waals surface area contributed by atoms with Gasteiger partial charge in [0.15, 0.2) is 0 Å². The van der Waals surface area contributed by atoms with Crippen molar-refractivity contribution in [3.05, 3.63) is 18.3 Å². The van der Waals surface area contributed by atoms with Crippen molar-refractivity contribution in [2.24, 2.45) is 0 Å². The normalized spacial score (nSPS) is 11.4. The standard InChI is InChI=1S/C8H10F3N3/c9-8(10,11)4-2-5-12-7-3-1-6-13-14-7/h1,3,6H,2,4-5H2,(H,12,14). The van der Waals surface area contributed by atoms with Crippen LogP contribution >= 0.6 is 0 Å². The van der Waals surface area contributed by atoms with Gasteiger partial charge in [-0.3, -0.25) is 0 Å². The monoisotopic (exact) mass is 205 g/mol. The lowest BCUT2D eigenvalue weighted by molar-refractivity contribution is -0.134. The van der Waals surface area contributed by atoms with Crippen LogP contribution in [0.4, 0.5) is 19.0 Å². The van der Waals surface area contributed by atoms with Crippen LogP contribution in [0.25, 0.3) is 0 Å². The highest BCUT2D eigenvalue weighted by Gasteiger charge is 2.25. The van der Waals surface area contributed by atoms with Crippen LogP contribution in [0, 0.1) is 0 Å². The molecule has 0 fully saturated rings. The Hall–Kier alpha value is -1.33. The lowest BCUT2D eigenvalue weighted by Crippen LogP contribution is -2.11. The summed E-state index contributed by atoms with van der Waals surface area (Å²) in [5.41, 5.74) is 0. The number of halogens is 3. The zero-order valence-electron chi connectivity index (χ0n) is 7.38. The Labute approximate surface area is 79.3 Å². The molecule has 1 rings (SSSR count). The van der Waals surface area contributed by atoms with Crippen molar-refractivity contribution in [1.29, 1.82) is 0 Å². The Morgan fingerprint density at radius 2 is 2.14 bits per heavy atom. The fraction of sp³-hybridized carbons (Fsp3) is 0.500. The molecular formula is C8H10F3N3. The van der Waals surface area contributed by atoms with E-state index in [0.29, 0.717) is 5.82 Å². The van der Waals surface area contributed by atoms with Crippen molar-refractivity contribution in [2.75, 3.05) is 11.9 Å². The predicted molar refractivity (Wildman–Crippen MR) is 45.8 cm³/mol. The van der Waals surface area contributed by atoms with Crippen molar-refractivity contribution in [3.8, 4) is 0 Å². The fourth-order valence-electron chi connectivity index (χ4n) is 0.901. The zero-order valence-corrected chi connectivity index (χ0v) is 7.38. The van der Waals surface area contributed by atoms with Gasteiger partial charge in [-0.15, -0.1) is 5.10 Å². The summed E-state index contributed by atoms with van der Waals surface area (Å²) < 4.78 is 35.2. The topological polar surface area (TPSA) is 37.8 Å². The van der Waals surface area contributed by atoms with E-state index in [1.165, 1.54) is 6.20 Å². The van der Waals surface area contributed by atoms with Gasteiger partial charge in [-0.2, -0.15) is 18.3 Å². The molecular weight excluding hydrogens is 195 g/mol. The molecule has 0 saturated heterocycles. The molecule has 0 bridgehead atoms. The second-order valence-electron chi connectivity index (χ2n) is 2.75. The molecule has 1 aromatic rings. The van der Waals surface area contributed by atoms with Gasteiger partial charge in [0, 0.05) is 19.2 Å². The molecule has 6 heteroatoms. The quantitative estimate of drug-likeness (QED) is 0.766. The molecule has 0 aromatic carbocycles. The Bertz CT molecular complexity index is 260. The third kappa shape index (κ3) is 4.64. The van der Waals surface area contributed by atoms with Gasteiger partial charge in [0.25, 0.3) is 0 Å². The summed E-state index contributed by atoms with van der Waals surface area (Å²) in [5, 5.41) is 9.99. The van der Waals surface area contributed by atoms with Gasteiger partial charge in [-0.05, 0) is 18.6 Å². The lowest BCUT2D eigenvalue weighted by atomic mass is 10.3. The number of hydrogen-bond donors (Lipinski definition) is 1. The average molecular weight is 205 g/mol. The first-order valence-electron chi connectivity index (χ1n) is 4.16. The molecule has 1 heterocycles. The summed E-state index contributed by atoms with van der Waals surface area (Å²) in [6, 6.07) is 3.32. The number of aromatic nitrogens is 2. The van der Waals surface area contributed by atoms with E-state index < -0.39 is 12.6 Å². The summed E-state index contributed by atoms with van der Waals surface area (Å²) in [5.74, 6) is 0.495. The van der Waals surface area contributed by atoms with Crippen LogP contribution in [0.2, 0.25) is 0 Å². The number of rotatable bonds is 4. The minimum absolute atomic E-state index is 0.0417. The van der Waals surface area contributed by atoms with Crippen LogP contribution < -0.4 is 5.32 Å². The molecule has 0 spiro atoms. The third-order valence-electron chi connectivity index (χ3n) is 1.52. The maximum Gasteiger partial charge on any atom is 0.389 e. The third-order valence-corrected chi connectivity index (χ3v) is 1.52. The van der Waals surface area contributed by atoms with E-state index in [2.05, 4.69) is 15.5 Å². The molecule has 0 unspecified atom stereocenters. The van der Waals surface area contributed by atoms with Crippen molar-refractivity contribution in [1.82, 2.24) is 10.2 Å². The Morgan fingerprint density at radius 1 is 1.36 bits per heavy atom. The molecule has 0 amide bonds. The van der Waals surface area contributed by atoms with Gasteiger partial charge in [-0.25, -0.2) is 0 Å². The molecule has 0 aliphatic heterocycles. The maximum atomic E-state index is 11.7. The fourth-order valence-corrected chi connectivity index (χ4v) is 0.901. The van der Waals surface area contributed by atoms with Crippen LogP contribution in [0.1, 0.15) is 12.8 Å². The molecule has 0 saturated carbocycles. The van der Waals surface area contributed by atoms with E-state index in [4.69, 9.17) is 0 Å². The van der Waals surface area contributed by atoms with E-state index in [1.54, 1.807) is 12.1 Å². The van der Waals surface area contributed by atoms with Gasteiger partial charge in [0.2, 0.25) is 0 Å². The Kier molecular flexibility index (Phi) is 3.67. The van der Waals surface area contributed by atoms with E-state index in [0.717, 1.165) is 0 Å². The minimum atomic E-state index is -4.08. The van der Waals surface area contributed by atoms with E-state index in [1.807, 2.05) is 0 Å². The number of nitrogens with zero attached hydrogens (tertiary/aromatic N) is 2. The van der Waals surface area contributed by atoms with Crippen LogP contribution in [0.15, 0.2) is 18.3 Å². The largest absolute Gasteiger partial charge is 0.389 e. The second kappa shape index (κ2) is 4.78. The van der Waals surface area contributed by atoms with Crippen molar-refractivity contribution < 1.29 is 13.2 Å². The summed E-state index contributed by atoms with van der Waals surface area (Å²) in [6.45, 7) is 0.248. The number of nitrogens with one attached hydrogen (secondary N) is 1. The van der Waals surface area contributed by atoms with Crippen LogP contribution in [-0.4, -0.2) is 22.9 Å². The average Bonchev–Trinajstić information content (AvgIpc) is 2.13. The molecule has 1 aromatic heterocycles. The van der Waals surface area contributed by atoms with Crippen LogP contribution in [0.5, 0.6) is 0 Å². The molecule has 78 valence electrons. The van der Waals surface area contributed by atoms with Gasteiger partial charge in [0.05, 0.1) is 0 Å². The number of anilines is 1.